The van der Waals surface area contributed by atoms with Gasteiger partial charge in [0, 0.05) is 13.0 Å². The van der Waals surface area contributed by atoms with E-state index in [1.165, 1.54) is 16.7 Å². The van der Waals surface area contributed by atoms with Gasteiger partial charge in [-0.2, -0.15) is 0 Å². The van der Waals surface area contributed by atoms with E-state index in [0.717, 1.165) is 25.7 Å². The lowest BCUT2D eigenvalue weighted by Gasteiger charge is -2.33. The summed E-state index contributed by atoms with van der Waals surface area (Å²) in [6, 6.07) is 0. The van der Waals surface area contributed by atoms with Crippen molar-refractivity contribution in [1.29, 1.82) is 0 Å². The third kappa shape index (κ3) is 4.81. The van der Waals surface area contributed by atoms with Crippen molar-refractivity contribution in [2.45, 2.75) is 65.8 Å². The van der Waals surface area contributed by atoms with Gasteiger partial charge in [-0.3, -0.25) is 0 Å². The molecular weight excluding hydrogens is 300 g/mol. The van der Waals surface area contributed by atoms with Gasteiger partial charge in [0.05, 0.1) is 12.7 Å². The number of hydrogen-bond donors (Lipinski definition) is 1. The summed E-state index contributed by atoms with van der Waals surface area (Å²) in [6.07, 6.45) is 10.0. The molecule has 2 rings (SSSR count). The number of aliphatic hydroxyl groups excluding tert-OH is 1. The number of ether oxygens (including phenoxy) is 2. The summed E-state index contributed by atoms with van der Waals surface area (Å²) in [7, 11) is 1.70. The summed E-state index contributed by atoms with van der Waals surface area (Å²) in [5.41, 5.74) is 3.86. The summed E-state index contributed by atoms with van der Waals surface area (Å²) in [4.78, 5) is 0. The molecule has 3 nitrogen and oxygen atoms in total. The fourth-order valence-electron chi connectivity index (χ4n) is 4.16. The van der Waals surface area contributed by atoms with Crippen molar-refractivity contribution in [2.75, 3.05) is 13.7 Å². The maximum absolute atomic E-state index is 11.0. The predicted molar refractivity (Wildman–Crippen MR) is 98.6 cm³/mol. The van der Waals surface area contributed by atoms with E-state index in [9.17, 15) is 5.11 Å². The zero-order valence-corrected chi connectivity index (χ0v) is 15.9. The second-order valence-electron chi connectivity index (χ2n) is 7.68. The predicted octanol–water partition coefficient (Wildman–Crippen LogP) is 4.63. The van der Waals surface area contributed by atoms with E-state index < -0.39 is 0 Å². The first-order chi connectivity index (χ1) is 11.4. The summed E-state index contributed by atoms with van der Waals surface area (Å²) < 4.78 is 11.4. The molecule has 0 amide bonds. The monoisotopic (exact) mass is 334 g/mol. The smallest absolute Gasteiger partial charge is 0.179 e. The molecule has 1 fully saturated rings. The highest BCUT2D eigenvalue weighted by molar-refractivity contribution is 5.20. The second kappa shape index (κ2) is 8.98. The zero-order valence-electron chi connectivity index (χ0n) is 15.9. The van der Waals surface area contributed by atoms with Crippen LogP contribution in [0.2, 0.25) is 0 Å². The van der Waals surface area contributed by atoms with Gasteiger partial charge in [0.15, 0.2) is 6.29 Å². The van der Waals surface area contributed by atoms with Gasteiger partial charge >= 0.3 is 0 Å². The lowest BCUT2D eigenvalue weighted by atomic mass is 9.73. The van der Waals surface area contributed by atoms with Crippen LogP contribution in [-0.2, 0) is 9.47 Å². The summed E-state index contributed by atoms with van der Waals surface area (Å²) >= 11 is 0. The Morgan fingerprint density at radius 3 is 2.83 bits per heavy atom. The van der Waals surface area contributed by atoms with Crippen molar-refractivity contribution in [3.8, 4) is 0 Å². The van der Waals surface area contributed by atoms with Crippen LogP contribution in [0.4, 0.5) is 0 Å². The molecule has 0 aromatic carbocycles. The van der Waals surface area contributed by atoms with Gasteiger partial charge in [-0.15, -0.1) is 0 Å². The number of fused-ring (bicyclic) bond motifs is 1. The minimum absolute atomic E-state index is 0.211. The number of methoxy groups -OCH3 is 1. The quantitative estimate of drug-likeness (QED) is 0.745. The molecule has 1 N–H and O–H groups in total. The van der Waals surface area contributed by atoms with Crippen LogP contribution < -0.4 is 0 Å². The van der Waals surface area contributed by atoms with E-state index in [4.69, 9.17) is 9.47 Å². The Hall–Kier alpha value is -0.900. The van der Waals surface area contributed by atoms with E-state index in [2.05, 4.69) is 45.9 Å². The molecule has 3 heteroatoms. The van der Waals surface area contributed by atoms with E-state index in [1.807, 2.05) is 0 Å². The first-order valence-corrected chi connectivity index (χ1v) is 9.25. The van der Waals surface area contributed by atoms with Crippen LogP contribution in [0.1, 0.15) is 53.4 Å². The molecule has 0 saturated carbocycles. The van der Waals surface area contributed by atoms with E-state index in [-0.39, 0.29) is 24.2 Å². The molecule has 1 saturated heterocycles. The van der Waals surface area contributed by atoms with Gasteiger partial charge < -0.3 is 14.6 Å². The van der Waals surface area contributed by atoms with Gasteiger partial charge in [0.1, 0.15) is 0 Å². The standard InChI is InChI=1S/C21H34O3/c1-14(2)8-6-10-16(4)20-18-13-24-21(23-5)17(18)11-7-9-15(3)12-19(20)22/h8-9,11,16,18-22H,6-7,10,12-13H2,1-5H3. The number of hydrogen-bond acceptors (Lipinski definition) is 3. The van der Waals surface area contributed by atoms with Crippen LogP contribution in [0.5, 0.6) is 0 Å². The van der Waals surface area contributed by atoms with Crippen LogP contribution in [-0.4, -0.2) is 31.2 Å². The molecule has 0 aromatic rings. The minimum atomic E-state index is -0.325. The maximum atomic E-state index is 11.0. The van der Waals surface area contributed by atoms with E-state index >= 15 is 0 Å². The van der Waals surface area contributed by atoms with Crippen LogP contribution >= 0.6 is 0 Å². The van der Waals surface area contributed by atoms with E-state index in [0.29, 0.717) is 12.5 Å². The zero-order chi connectivity index (χ0) is 17.7. The van der Waals surface area contributed by atoms with Crippen molar-refractivity contribution in [3.63, 3.8) is 0 Å². The summed E-state index contributed by atoms with van der Waals surface area (Å²) in [5.74, 6) is 0.906. The third-order valence-electron chi connectivity index (χ3n) is 5.43. The first kappa shape index (κ1) is 19.4. The highest BCUT2D eigenvalue weighted by atomic mass is 16.7. The van der Waals surface area contributed by atoms with Crippen LogP contribution in [0.3, 0.4) is 0 Å². The summed E-state index contributed by atoms with van der Waals surface area (Å²) in [5, 5.41) is 11.0. The third-order valence-corrected chi connectivity index (χ3v) is 5.43. The Balaban J connectivity index is 2.23. The Morgan fingerprint density at radius 1 is 1.42 bits per heavy atom. The molecular formula is C21H34O3. The molecule has 0 spiro atoms. The topological polar surface area (TPSA) is 38.7 Å². The SMILES string of the molecule is COC1OCC2C1=CCC=C(C)CC(O)C2C(C)CCC=C(C)C. The number of rotatable bonds is 5. The van der Waals surface area contributed by atoms with Gasteiger partial charge in [-0.05, 0) is 63.9 Å². The van der Waals surface area contributed by atoms with E-state index in [1.54, 1.807) is 7.11 Å². The molecule has 5 atom stereocenters. The normalized spacial score (nSPS) is 31.9. The van der Waals surface area contributed by atoms with Gasteiger partial charge in [-0.25, -0.2) is 0 Å². The fourth-order valence-corrected chi connectivity index (χ4v) is 4.16. The molecule has 1 aliphatic heterocycles. The van der Waals surface area contributed by atoms with Crippen LogP contribution in [0.25, 0.3) is 0 Å². The van der Waals surface area contributed by atoms with Crippen molar-refractivity contribution >= 4 is 0 Å². The average Bonchev–Trinajstić information content (AvgIpc) is 2.90. The first-order valence-electron chi connectivity index (χ1n) is 9.25. The van der Waals surface area contributed by atoms with Crippen molar-refractivity contribution in [2.24, 2.45) is 17.8 Å². The van der Waals surface area contributed by atoms with Crippen LogP contribution in [0, 0.1) is 17.8 Å². The van der Waals surface area contributed by atoms with Crippen molar-refractivity contribution in [3.05, 3.63) is 34.9 Å². The maximum Gasteiger partial charge on any atom is 0.179 e. The van der Waals surface area contributed by atoms with Gasteiger partial charge in [0.25, 0.3) is 0 Å². The molecule has 1 aliphatic carbocycles. The Bertz CT molecular complexity index is 499. The van der Waals surface area contributed by atoms with Crippen molar-refractivity contribution < 1.29 is 14.6 Å². The van der Waals surface area contributed by atoms with Crippen molar-refractivity contribution in [1.82, 2.24) is 0 Å². The highest BCUT2D eigenvalue weighted by Crippen LogP contribution is 2.41. The highest BCUT2D eigenvalue weighted by Gasteiger charge is 2.41. The fraction of sp³-hybridized carbons (Fsp3) is 0.714. The molecule has 2 aliphatic rings. The molecule has 136 valence electrons. The lowest BCUT2D eigenvalue weighted by molar-refractivity contribution is -0.0727. The largest absolute Gasteiger partial charge is 0.392 e. The number of allylic oxidation sites excluding steroid dienone is 4. The second-order valence-corrected chi connectivity index (χ2v) is 7.68. The van der Waals surface area contributed by atoms with Crippen LogP contribution in [0.15, 0.2) is 34.9 Å². The lowest BCUT2D eigenvalue weighted by Crippen LogP contribution is -2.35. The minimum Gasteiger partial charge on any atom is -0.392 e. The Labute approximate surface area is 147 Å². The molecule has 5 unspecified atom stereocenters. The summed E-state index contributed by atoms with van der Waals surface area (Å²) in [6.45, 7) is 9.34. The number of aliphatic hydroxyl groups is 1. The average molecular weight is 335 g/mol. The van der Waals surface area contributed by atoms with Gasteiger partial charge in [-0.1, -0.05) is 36.3 Å². The molecule has 0 aromatic heterocycles. The molecule has 24 heavy (non-hydrogen) atoms. The Morgan fingerprint density at radius 2 is 2.17 bits per heavy atom. The molecule has 0 radical (unpaired) electrons. The Kier molecular flexibility index (Phi) is 7.27. The van der Waals surface area contributed by atoms with Gasteiger partial charge in [0.2, 0.25) is 0 Å². The molecule has 1 heterocycles. The molecule has 0 bridgehead atoms.